The van der Waals surface area contributed by atoms with Gasteiger partial charge >= 0.3 is 0 Å². The zero-order valence-electron chi connectivity index (χ0n) is 14.6. The first-order chi connectivity index (χ1) is 12.1. The number of Topliss-reactive ketones (excluding diaryl/α,β-unsaturated/α-hetero) is 1. The fourth-order valence-corrected chi connectivity index (χ4v) is 2.34. The average molecular weight is 341 g/mol. The predicted octanol–water partition coefficient (Wildman–Crippen LogP) is 2.94. The summed E-state index contributed by atoms with van der Waals surface area (Å²) in [5.74, 6) is 0.337. The maximum atomic E-state index is 12.5. The third kappa shape index (κ3) is 6.04. The van der Waals surface area contributed by atoms with Crippen molar-refractivity contribution in [1.29, 1.82) is 0 Å². The van der Waals surface area contributed by atoms with E-state index in [-0.39, 0.29) is 18.3 Å². The molecule has 0 spiro atoms. The quantitative estimate of drug-likeness (QED) is 0.658. The number of hydrogen-bond acceptors (Lipinski definition) is 4. The number of ether oxygens (including phenoxy) is 2. The van der Waals surface area contributed by atoms with Crippen LogP contribution in [0.15, 0.2) is 54.6 Å². The van der Waals surface area contributed by atoms with Crippen LogP contribution in [0.3, 0.4) is 0 Å². The van der Waals surface area contributed by atoms with E-state index in [0.29, 0.717) is 31.0 Å². The molecule has 2 rings (SSSR count). The van der Waals surface area contributed by atoms with Crippen LogP contribution in [0, 0.1) is 0 Å². The number of hydrogen-bond donors (Lipinski definition) is 0. The van der Waals surface area contributed by atoms with E-state index in [4.69, 9.17) is 9.47 Å². The van der Waals surface area contributed by atoms with Gasteiger partial charge in [0.15, 0.2) is 12.4 Å². The van der Waals surface area contributed by atoms with Crippen LogP contribution in [-0.2, 0) is 16.1 Å². The molecule has 0 radical (unpaired) electrons. The summed E-state index contributed by atoms with van der Waals surface area (Å²) in [4.78, 5) is 25.6. The van der Waals surface area contributed by atoms with Crippen molar-refractivity contribution >= 4 is 11.7 Å². The van der Waals surface area contributed by atoms with Gasteiger partial charge in [-0.15, -0.1) is 0 Å². The average Bonchev–Trinajstić information content (AvgIpc) is 2.64. The summed E-state index contributed by atoms with van der Waals surface area (Å²) in [6.45, 7) is 2.86. The lowest BCUT2D eigenvalue weighted by atomic mass is 10.1. The summed E-state index contributed by atoms with van der Waals surface area (Å²) in [7, 11) is 1.61. The topological polar surface area (TPSA) is 55.8 Å². The van der Waals surface area contributed by atoms with Gasteiger partial charge in [-0.1, -0.05) is 42.5 Å². The van der Waals surface area contributed by atoms with Crippen LogP contribution >= 0.6 is 0 Å². The Morgan fingerprint density at radius 2 is 1.80 bits per heavy atom. The predicted molar refractivity (Wildman–Crippen MR) is 95.7 cm³/mol. The first-order valence-corrected chi connectivity index (χ1v) is 8.14. The van der Waals surface area contributed by atoms with Gasteiger partial charge in [-0.2, -0.15) is 0 Å². The Morgan fingerprint density at radius 3 is 2.48 bits per heavy atom. The third-order valence-electron chi connectivity index (χ3n) is 3.74. The van der Waals surface area contributed by atoms with Gasteiger partial charge in [0, 0.05) is 25.8 Å². The molecular weight excluding hydrogens is 318 g/mol. The highest BCUT2D eigenvalue weighted by Crippen LogP contribution is 2.14. The Morgan fingerprint density at radius 1 is 1.04 bits per heavy atom. The van der Waals surface area contributed by atoms with Crippen molar-refractivity contribution in [2.24, 2.45) is 0 Å². The largest absolute Gasteiger partial charge is 0.484 e. The Kier molecular flexibility index (Phi) is 7.16. The van der Waals surface area contributed by atoms with Crippen molar-refractivity contribution in [2.45, 2.75) is 13.5 Å². The van der Waals surface area contributed by atoms with E-state index in [2.05, 4.69) is 0 Å². The van der Waals surface area contributed by atoms with Gasteiger partial charge in [-0.3, -0.25) is 9.59 Å². The summed E-state index contributed by atoms with van der Waals surface area (Å²) in [5, 5.41) is 0. The minimum atomic E-state index is -0.130. The van der Waals surface area contributed by atoms with Gasteiger partial charge in [-0.05, 0) is 24.6 Å². The summed E-state index contributed by atoms with van der Waals surface area (Å²) in [6, 6.07) is 16.6. The molecule has 0 N–H and O–H groups in total. The van der Waals surface area contributed by atoms with Gasteiger partial charge in [-0.25, -0.2) is 0 Å². The molecule has 5 heteroatoms. The number of amides is 1. The lowest BCUT2D eigenvalue weighted by Crippen LogP contribution is -2.36. The zero-order chi connectivity index (χ0) is 18.1. The number of ketones is 1. The van der Waals surface area contributed by atoms with Crippen LogP contribution in [0.1, 0.15) is 22.8 Å². The van der Waals surface area contributed by atoms with Crippen LogP contribution in [0.2, 0.25) is 0 Å². The molecule has 0 unspecified atom stereocenters. The molecular formula is C20H23NO4. The number of rotatable bonds is 9. The first kappa shape index (κ1) is 18.7. The molecule has 25 heavy (non-hydrogen) atoms. The Bertz CT molecular complexity index is 700. The first-order valence-electron chi connectivity index (χ1n) is 8.14. The van der Waals surface area contributed by atoms with Crippen LogP contribution in [0.5, 0.6) is 5.75 Å². The monoisotopic (exact) mass is 341 g/mol. The van der Waals surface area contributed by atoms with Gasteiger partial charge < -0.3 is 14.4 Å². The van der Waals surface area contributed by atoms with Crippen molar-refractivity contribution in [3.8, 4) is 5.75 Å². The summed E-state index contributed by atoms with van der Waals surface area (Å²) in [6.07, 6.45) is 0. The Balaban J connectivity index is 1.98. The minimum absolute atomic E-state index is 0.0393. The third-order valence-corrected chi connectivity index (χ3v) is 3.74. The number of carbonyl (C=O) groups excluding carboxylic acids is 2. The molecule has 0 aromatic heterocycles. The minimum Gasteiger partial charge on any atom is -0.484 e. The lowest BCUT2D eigenvalue weighted by molar-refractivity contribution is -0.134. The number of methoxy groups -OCH3 is 1. The molecule has 0 atom stereocenters. The van der Waals surface area contributed by atoms with Gasteiger partial charge in [0.05, 0.1) is 6.61 Å². The van der Waals surface area contributed by atoms with Crippen LogP contribution in [0.4, 0.5) is 0 Å². The molecule has 2 aromatic carbocycles. The van der Waals surface area contributed by atoms with E-state index in [9.17, 15) is 9.59 Å². The molecule has 0 saturated carbocycles. The van der Waals surface area contributed by atoms with E-state index in [1.165, 1.54) is 6.92 Å². The summed E-state index contributed by atoms with van der Waals surface area (Å²) < 4.78 is 10.7. The molecule has 0 saturated heterocycles. The molecule has 2 aromatic rings. The normalized spacial score (nSPS) is 10.3. The fourth-order valence-electron chi connectivity index (χ4n) is 2.34. The van der Waals surface area contributed by atoms with E-state index in [0.717, 1.165) is 5.56 Å². The summed E-state index contributed by atoms with van der Waals surface area (Å²) >= 11 is 0. The van der Waals surface area contributed by atoms with E-state index < -0.39 is 0 Å². The van der Waals surface area contributed by atoms with Crippen molar-refractivity contribution < 1.29 is 19.1 Å². The smallest absolute Gasteiger partial charge is 0.260 e. The van der Waals surface area contributed by atoms with Gasteiger partial charge in [0.25, 0.3) is 5.91 Å². The SMILES string of the molecule is COCCN(Cc1ccccc1)C(=O)COc1cccc(C(C)=O)c1. The number of benzene rings is 2. The van der Waals surface area contributed by atoms with Crippen molar-refractivity contribution in [1.82, 2.24) is 4.90 Å². The highest BCUT2D eigenvalue weighted by Gasteiger charge is 2.15. The second kappa shape index (κ2) is 9.59. The number of nitrogens with zero attached hydrogens (tertiary/aromatic N) is 1. The van der Waals surface area contributed by atoms with Crippen LogP contribution in [-0.4, -0.2) is 43.5 Å². The van der Waals surface area contributed by atoms with Crippen molar-refractivity contribution in [3.63, 3.8) is 0 Å². The Labute approximate surface area is 148 Å². The van der Waals surface area contributed by atoms with Crippen LogP contribution in [0.25, 0.3) is 0 Å². The molecule has 0 aliphatic heterocycles. The molecule has 0 heterocycles. The standard InChI is InChI=1S/C20H23NO4/c1-16(22)18-9-6-10-19(13-18)25-15-20(23)21(11-12-24-2)14-17-7-4-3-5-8-17/h3-10,13H,11-12,14-15H2,1-2H3. The maximum Gasteiger partial charge on any atom is 0.260 e. The molecule has 0 fully saturated rings. The zero-order valence-corrected chi connectivity index (χ0v) is 14.6. The molecule has 5 nitrogen and oxygen atoms in total. The van der Waals surface area contributed by atoms with Crippen molar-refractivity contribution in [3.05, 3.63) is 65.7 Å². The van der Waals surface area contributed by atoms with Crippen LogP contribution < -0.4 is 4.74 Å². The second-order valence-corrected chi connectivity index (χ2v) is 5.67. The number of carbonyl (C=O) groups is 2. The van der Waals surface area contributed by atoms with Gasteiger partial charge in [0.2, 0.25) is 0 Å². The molecule has 0 aliphatic rings. The molecule has 132 valence electrons. The molecule has 0 bridgehead atoms. The van der Waals surface area contributed by atoms with Crippen molar-refractivity contribution in [2.75, 3.05) is 26.9 Å². The lowest BCUT2D eigenvalue weighted by Gasteiger charge is -2.22. The summed E-state index contributed by atoms with van der Waals surface area (Å²) in [5.41, 5.74) is 1.61. The van der Waals surface area contributed by atoms with E-state index >= 15 is 0 Å². The molecule has 1 amide bonds. The fraction of sp³-hybridized carbons (Fsp3) is 0.300. The van der Waals surface area contributed by atoms with E-state index in [1.807, 2.05) is 30.3 Å². The highest BCUT2D eigenvalue weighted by atomic mass is 16.5. The maximum absolute atomic E-state index is 12.5. The molecule has 0 aliphatic carbocycles. The Hall–Kier alpha value is -2.66. The van der Waals surface area contributed by atoms with Gasteiger partial charge in [0.1, 0.15) is 5.75 Å². The second-order valence-electron chi connectivity index (χ2n) is 5.67. The van der Waals surface area contributed by atoms with E-state index in [1.54, 1.807) is 36.3 Å². The highest BCUT2D eigenvalue weighted by molar-refractivity contribution is 5.94.